The number of carbonyl (C=O) groups excluding carboxylic acids is 2. The monoisotopic (exact) mass is 612 g/mol. The number of nitrogens with zero attached hydrogens (tertiary/aromatic N) is 2. The summed E-state index contributed by atoms with van der Waals surface area (Å²) in [5.41, 5.74) is -1.09. The van der Waals surface area contributed by atoms with E-state index < -0.39 is 47.9 Å². The smallest absolute Gasteiger partial charge is 0.419 e. The van der Waals surface area contributed by atoms with Crippen LogP contribution in [-0.2, 0) is 29.9 Å². The molecule has 0 aromatic heterocycles. The van der Waals surface area contributed by atoms with E-state index in [0.717, 1.165) is 4.90 Å². The quantitative estimate of drug-likeness (QED) is 0.234. The van der Waals surface area contributed by atoms with Crippen LogP contribution in [-0.4, -0.2) is 92.9 Å². The highest BCUT2D eigenvalue weighted by atomic mass is 31.2. The first-order valence-corrected chi connectivity index (χ1v) is 15.9. The highest BCUT2D eigenvalue weighted by molar-refractivity contribution is 7.62. The summed E-state index contributed by atoms with van der Waals surface area (Å²) in [5, 5.41) is 18.3. The molecule has 1 aliphatic rings. The number of carbonyl (C=O) groups is 4. The minimum absolute atomic E-state index is 0.00960. The molecule has 1 saturated heterocycles. The van der Waals surface area contributed by atoms with E-state index in [1.165, 1.54) is 6.07 Å². The zero-order chi connectivity index (χ0) is 31.9. The van der Waals surface area contributed by atoms with E-state index >= 15 is 0 Å². The lowest BCUT2D eigenvalue weighted by molar-refractivity contribution is -0.141. The Morgan fingerprint density at radius 1 is 0.976 bits per heavy atom. The molecule has 2 rings (SSSR count). The summed E-state index contributed by atoms with van der Waals surface area (Å²) in [4.78, 5) is 52.9. The van der Waals surface area contributed by atoms with Crippen molar-refractivity contribution in [3.05, 3.63) is 35.4 Å². The van der Waals surface area contributed by atoms with Crippen molar-refractivity contribution in [1.82, 2.24) is 9.80 Å². The van der Waals surface area contributed by atoms with Crippen molar-refractivity contribution in [3.8, 4) is 0 Å². The van der Waals surface area contributed by atoms with E-state index in [4.69, 9.17) is 14.0 Å². The number of carboxylic acid groups (broad SMARTS) is 2. The van der Waals surface area contributed by atoms with E-state index in [2.05, 4.69) is 0 Å². The first-order chi connectivity index (χ1) is 19.3. The molecule has 42 heavy (non-hydrogen) atoms. The van der Waals surface area contributed by atoms with Gasteiger partial charge in [0.05, 0.1) is 12.2 Å². The number of ether oxygens (including phenoxy) is 2. The number of hydrogen-bond donors (Lipinski definition) is 2. The molecule has 2 amide bonds. The predicted octanol–water partition coefficient (Wildman–Crippen LogP) is 5.68. The fourth-order valence-electron chi connectivity index (χ4n) is 4.83. The van der Waals surface area contributed by atoms with Gasteiger partial charge in [0.2, 0.25) is 7.37 Å². The van der Waals surface area contributed by atoms with Crippen molar-refractivity contribution in [2.45, 2.75) is 90.6 Å². The van der Waals surface area contributed by atoms with Gasteiger partial charge < -0.3 is 24.2 Å². The molecule has 1 fully saturated rings. The maximum atomic E-state index is 14.1. The van der Waals surface area contributed by atoms with Crippen LogP contribution in [0.1, 0.15) is 83.7 Å². The van der Waals surface area contributed by atoms with E-state index in [-0.39, 0.29) is 63.8 Å². The standard InChI is InChI=1S/C29H45N2O10P/c1-8-39-42(38)18-17-30(19-21-13-9-10-14-22(21)23(32)33)20-29(42,24(34)35)15-11-12-16-31(25(36)40-27(2,3)4)26(37)41-28(5,6)7/h9-10,13-14H,8,11-12,15-20H2,1-7H3,(H,32,33)(H,34,35). The number of aliphatic carboxylic acids is 1. The van der Waals surface area contributed by atoms with Crippen molar-refractivity contribution in [3.63, 3.8) is 0 Å². The average Bonchev–Trinajstić information content (AvgIpc) is 2.83. The maximum Gasteiger partial charge on any atom is 0.419 e. The second-order valence-electron chi connectivity index (χ2n) is 12.4. The molecule has 2 N–H and O–H groups in total. The van der Waals surface area contributed by atoms with Gasteiger partial charge >= 0.3 is 24.1 Å². The van der Waals surface area contributed by atoms with Gasteiger partial charge in [0.1, 0.15) is 11.2 Å². The summed E-state index contributed by atoms with van der Waals surface area (Å²) in [6.45, 7) is 12.0. The van der Waals surface area contributed by atoms with Crippen molar-refractivity contribution in [2.75, 3.05) is 32.4 Å². The van der Waals surface area contributed by atoms with Gasteiger partial charge in [-0.2, -0.15) is 0 Å². The van der Waals surface area contributed by atoms with Crippen LogP contribution < -0.4 is 0 Å². The van der Waals surface area contributed by atoms with Gasteiger partial charge in [-0.1, -0.05) is 18.2 Å². The summed E-state index contributed by atoms with van der Waals surface area (Å²) in [6, 6.07) is 6.48. The van der Waals surface area contributed by atoms with Gasteiger partial charge in [-0.3, -0.25) is 14.3 Å². The minimum Gasteiger partial charge on any atom is -0.480 e. The highest BCUT2D eigenvalue weighted by Gasteiger charge is 2.58. The van der Waals surface area contributed by atoms with E-state index in [1.807, 2.05) is 0 Å². The molecule has 2 unspecified atom stereocenters. The van der Waals surface area contributed by atoms with Gasteiger partial charge in [-0.25, -0.2) is 19.3 Å². The molecule has 236 valence electrons. The van der Waals surface area contributed by atoms with Gasteiger partial charge in [-0.15, -0.1) is 0 Å². The van der Waals surface area contributed by atoms with Crippen molar-refractivity contribution in [2.24, 2.45) is 0 Å². The summed E-state index contributed by atoms with van der Waals surface area (Å²) in [5.74, 6) is -2.36. The van der Waals surface area contributed by atoms with Crippen molar-refractivity contribution >= 4 is 31.5 Å². The Hall–Kier alpha value is -2.95. The number of unbranched alkanes of at least 4 members (excludes halogenated alkanes) is 1. The Bertz CT molecular complexity index is 1160. The van der Waals surface area contributed by atoms with Crippen LogP contribution >= 0.6 is 7.37 Å². The SMILES string of the molecule is CCOP1(=O)CCN(Cc2ccccc2C(=O)O)CC1(CCCCN(C(=O)OC(C)(C)C)C(=O)OC(C)(C)C)C(=O)O. The Kier molecular flexibility index (Phi) is 11.8. The molecular formula is C29H45N2O10P. The summed E-state index contributed by atoms with van der Waals surface area (Å²) in [7, 11) is -3.70. The third-order valence-corrected chi connectivity index (χ3v) is 10.00. The number of imide groups is 1. The van der Waals surface area contributed by atoms with E-state index in [1.54, 1.807) is 71.6 Å². The topological polar surface area (TPSA) is 160 Å². The lowest BCUT2D eigenvalue weighted by atomic mass is 9.98. The molecule has 0 spiro atoms. The lowest BCUT2D eigenvalue weighted by Gasteiger charge is -2.45. The second kappa shape index (κ2) is 14.0. The Morgan fingerprint density at radius 3 is 2.05 bits per heavy atom. The number of benzene rings is 1. The van der Waals surface area contributed by atoms with Gasteiger partial charge in [0.15, 0.2) is 5.16 Å². The number of hydrogen-bond acceptors (Lipinski definition) is 9. The second-order valence-corrected chi connectivity index (χ2v) is 15.3. The lowest BCUT2D eigenvalue weighted by Crippen LogP contribution is -2.54. The molecule has 1 heterocycles. The molecule has 0 bridgehead atoms. The summed E-state index contributed by atoms with van der Waals surface area (Å²) < 4.78 is 30.5. The Balaban J connectivity index is 2.28. The normalized spacial score (nSPS) is 21.4. The van der Waals surface area contributed by atoms with Crippen molar-refractivity contribution < 1.29 is 48.0 Å². The maximum absolute atomic E-state index is 14.1. The van der Waals surface area contributed by atoms with Crippen molar-refractivity contribution in [1.29, 1.82) is 0 Å². The third-order valence-electron chi connectivity index (χ3n) is 6.68. The fraction of sp³-hybridized carbons (Fsp3) is 0.655. The predicted molar refractivity (Wildman–Crippen MR) is 156 cm³/mol. The van der Waals surface area contributed by atoms with Crippen LogP contribution in [0.5, 0.6) is 0 Å². The molecule has 1 aliphatic heterocycles. The molecule has 1 aromatic carbocycles. The van der Waals surface area contributed by atoms with Crippen LogP contribution in [0.4, 0.5) is 9.59 Å². The van der Waals surface area contributed by atoms with Crippen LogP contribution in [0.2, 0.25) is 0 Å². The van der Waals surface area contributed by atoms with Crippen LogP contribution in [0.25, 0.3) is 0 Å². The fourth-order valence-corrected chi connectivity index (χ4v) is 7.80. The van der Waals surface area contributed by atoms with Gasteiger partial charge in [0, 0.05) is 32.3 Å². The van der Waals surface area contributed by atoms with E-state index in [9.17, 15) is 34.0 Å². The number of amides is 2. The van der Waals surface area contributed by atoms with Crippen LogP contribution in [0, 0.1) is 0 Å². The average molecular weight is 613 g/mol. The number of aromatic carboxylic acids is 1. The Morgan fingerprint density at radius 2 is 1.55 bits per heavy atom. The Labute approximate surface area is 247 Å². The summed E-state index contributed by atoms with van der Waals surface area (Å²) >= 11 is 0. The number of carboxylic acids is 2. The zero-order valence-electron chi connectivity index (χ0n) is 25.7. The van der Waals surface area contributed by atoms with E-state index in [0.29, 0.717) is 5.56 Å². The first-order valence-electron chi connectivity index (χ1n) is 14.1. The van der Waals surface area contributed by atoms with Gasteiger partial charge in [0.25, 0.3) is 0 Å². The number of rotatable bonds is 11. The molecular weight excluding hydrogens is 567 g/mol. The van der Waals surface area contributed by atoms with Crippen LogP contribution in [0.3, 0.4) is 0 Å². The molecule has 0 radical (unpaired) electrons. The molecule has 1 aromatic rings. The first kappa shape index (κ1) is 35.2. The molecule has 12 nitrogen and oxygen atoms in total. The minimum atomic E-state index is -3.70. The molecule has 13 heteroatoms. The molecule has 0 saturated carbocycles. The zero-order valence-corrected chi connectivity index (χ0v) is 26.6. The highest BCUT2D eigenvalue weighted by Crippen LogP contribution is 2.63. The third kappa shape index (κ3) is 9.28. The summed E-state index contributed by atoms with van der Waals surface area (Å²) in [6.07, 6.45) is -1.43. The van der Waals surface area contributed by atoms with Crippen LogP contribution in [0.15, 0.2) is 24.3 Å². The van der Waals surface area contributed by atoms with Gasteiger partial charge in [-0.05, 0) is 79.4 Å². The largest absolute Gasteiger partial charge is 0.480 e. The molecule has 2 atom stereocenters. The molecule has 0 aliphatic carbocycles.